The highest BCUT2D eigenvalue weighted by molar-refractivity contribution is 5.65. The minimum Gasteiger partial charge on any atom is -0.465 e. The van der Waals surface area contributed by atoms with Crippen molar-refractivity contribution in [1.82, 2.24) is 5.32 Å². The molecule has 1 saturated carbocycles. The Bertz CT molecular complexity index is 237. The number of carbonyl (C=O) groups is 1. The summed E-state index contributed by atoms with van der Waals surface area (Å²) in [7, 11) is 0. The van der Waals surface area contributed by atoms with Crippen LogP contribution < -0.4 is 5.32 Å². The van der Waals surface area contributed by atoms with E-state index in [0.29, 0.717) is 25.7 Å². The van der Waals surface area contributed by atoms with Gasteiger partial charge in [-0.3, -0.25) is 0 Å². The fraction of sp³-hybridized carbons (Fsp3) is 0.909. The standard InChI is InChI=1S/C11H21NO3/c1-10(2,3)11(12-9(14)15)6-4-8(13)5-7-11/h8,12-13H,4-7H2,1-3H3,(H,14,15)/t8-,11+. The zero-order valence-corrected chi connectivity index (χ0v) is 9.71. The van der Waals surface area contributed by atoms with Gasteiger partial charge in [0.1, 0.15) is 0 Å². The highest BCUT2D eigenvalue weighted by Crippen LogP contribution is 2.41. The minimum absolute atomic E-state index is 0.120. The fourth-order valence-corrected chi connectivity index (χ4v) is 2.36. The van der Waals surface area contributed by atoms with E-state index in [2.05, 4.69) is 5.32 Å². The Balaban J connectivity index is 2.83. The highest BCUT2D eigenvalue weighted by atomic mass is 16.4. The van der Waals surface area contributed by atoms with Crippen molar-refractivity contribution in [2.24, 2.45) is 5.41 Å². The van der Waals surface area contributed by atoms with Crippen molar-refractivity contribution >= 4 is 6.09 Å². The van der Waals surface area contributed by atoms with Gasteiger partial charge in [-0.25, -0.2) is 4.79 Å². The quantitative estimate of drug-likeness (QED) is 0.626. The first-order valence-electron chi connectivity index (χ1n) is 5.46. The summed E-state index contributed by atoms with van der Waals surface area (Å²) in [6.45, 7) is 6.13. The van der Waals surface area contributed by atoms with Gasteiger partial charge in [-0.05, 0) is 31.1 Å². The second-order valence-electron chi connectivity index (χ2n) is 5.49. The number of carboxylic acid groups (broad SMARTS) is 1. The van der Waals surface area contributed by atoms with Crippen LogP contribution in [0.2, 0.25) is 0 Å². The molecule has 0 aromatic carbocycles. The Kier molecular flexibility index (Phi) is 3.28. The van der Waals surface area contributed by atoms with E-state index in [4.69, 9.17) is 5.11 Å². The van der Waals surface area contributed by atoms with Crippen molar-refractivity contribution in [2.45, 2.75) is 58.1 Å². The van der Waals surface area contributed by atoms with E-state index >= 15 is 0 Å². The SMILES string of the molecule is CC(C)(C)[C@]1(NC(=O)O)CC[C@@H](O)CC1. The lowest BCUT2D eigenvalue weighted by Gasteiger charge is -2.48. The van der Waals surface area contributed by atoms with E-state index in [-0.39, 0.29) is 11.5 Å². The van der Waals surface area contributed by atoms with Gasteiger partial charge in [0.05, 0.1) is 6.10 Å². The van der Waals surface area contributed by atoms with Crippen molar-refractivity contribution < 1.29 is 15.0 Å². The number of hydrogen-bond donors (Lipinski definition) is 3. The molecular formula is C11H21NO3. The van der Waals surface area contributed by atoms with Gasteiger partial charge >= 0.3 is 6.09 Å². The Hall–Kier alpha value is -0.770. The van der Waals surface area contributed by atoms with Crippen LogP contribution in [0.15, 0.2) is 0 Å². The van der Waals surface area contributed by atoms with E-state index in [1.807, 2.05) is 20.8 Å². The van der Waals surface area contributed by atoms with Gasteiger partial charge in [-0.2, -0.15) is 0 Å². The van der Waals surface area contributed by atoms with Crippen molar-refractivity contribution in [1.29, 1.82) is 0 Å². The number of hydrogen-bond acceptors (Lipinski definition) is 2. The molecule has 15 heavy (non-hydrogen) atoms. The molecule has 0 aromatic rings. The molecule has 1 fully saturated rings. The van der Waals surface area contributed by atoms with Crippen LogP contribution in [-0.2, 0) is 0 Å². The van der Waals surface area contributed by atoms with Gasteiger partial charge in [0.2, 0.25) is 0 Å². The highest BCUT2D eigenvalue weighted by Gasteiger charge is 2.45. The first kappa shape index (κ1) is 12.3. The van der Waals surface area contributed by atoms with Crippen LogP contribution in [0.5, 0.6) is 0 Å². The van der Waals surface area contributed by atoms with E-state index in [1.54, 1.807) is 0 Å². The van der Waals surface area contributed by atoms with Gasteiger partial charge < -0.3 is 15.5 Å². The molecule has 0 bridgehead atoms. The van der Waals surface area contributed by atoms with Crippen LogP contribution in [0, 0.1) is 5.41 Å². The molecule has 0 aliphatic heterocycles. The summed E-state index contributed by atoms with van der Waals surface area (Å²) < 4.78 is 0. The maximum atomic E-state index is 10.8. The number of rotatable bonds is 1. The number of nitrogens with one attached hydrogen (secondary N) is 1. The summed E-state index contributed by atoms with van der Waals surface area (Å²) in [6, 6.07) is 0. The largest absolute Gasteiger partial charge is 0.465 e. The molecule has 1 aliphatic rings. The smallest absolute Gasteiger partial charge is 0.405 e. The second-order valence-corrected chi connectivity index (χ2v) is 5.49. The maximum Gasteiger partial charge on any atom is 0.405 e. The van der Waals surface area contributed by atoms with Crippen molar-refractivity contribution in [3.8, 4) is 0 Å². The third-order valence-electron chi connectivity index (χ3n) is 3.59. The van der Waals surface area contributed by atoms with Gasteiger partial charge in [0, 0.05) is 5.54 Å². The second kappa shape index (κ2) is 4.00. The third kappa shape index (κ3) is 2.62. The lowest BCUT2D eigenvalue weighted by Crippen LogP contribution is -2.58. The molecule has 0 spiro atoms. The zero-order valence-electron chi connectivity index (χ0n) is 9.71. The molecule has 1 rings (SSSR count). The number of amides is 1. The molecule has 0 unspecified atom stereocenters. The van der Waals surface area contributed by atoms with Gasteiger partial charge in [0.25, 0.3) is 0 Å². The van der Waals surface area contributed by atoms with Gasteiger partial charge in [-0.15, -0.1) is 0 Å². The summed E-state index contributed by atoms with van der Waals surface area (Å²) in [5.74, 6) is 0. The molecule has 4 nitrogen and oxygen atoms in total. The molecule has 0 saturated heterocycles. The molecule has 1 aliphatic carbocycles. The van der Waals surface area contributed by atoms with Crippen LogP contribution >= 0.6 is 0 Å². The van der Waals surface area contributed by atoms with Gasteiger partial charge in [0.15, 0.2) is 0 Å². The van der Waals surface area contributed by atoms with Crippen molar-refractivity contribution in [2.75, 3.05) is 0 Å². The summed E-state index contributed by atoms with van der Waals surface area (Å²) in [4.78, 5) is 10.8. The first-order chi connectivity index (χ1) is 6.77. The normalized spacial score (nSPS) is 32.4. The molecule has 0 radical (unpaired) electrons. The molecular weight excluding hydrogens is 194 g/mol. The average Bonchev–Trinajstić information content (AvgIpc) is 2.06. The van der Waals surface area contributed by atoms with E-state index < -0.39 is 11.6 Å². The van der Waals surface area contributed by atoms with Crippen molar-refractivity contribution in [3.05, 3.63) is 0 Å². The molecule has 3 N–H and O–H groups in total. The molecule has 0 heterocycles. The lowest BCUT2D eigenvalue weighted by atomic mass is 9.65. The predicted octanol–water partition coefficient (Wildman–Crippen LogP) is 1.97. The lowest BCUT2D eigenvalue weighted by molar-refractivity contribution is 0.0291. The molecule has 1 amide bonds. The summed E-state index contributed by atoms with van der Waals surface area (Å²) in [5, 5.41) is 21.0. The number of aliphatic hydroxyl groups excluding tert-OH is 1. The van der Waals surface area contributed by atoms with E-state index in [9.17, 15) is 9.90 Å². The molecule has 88 valence electrons. The number of aliphatic hydroxyl groups is 1. The van der Waals surface area contributed by atoms with E-state index in [1.165, 1.54) is 0 Å². The van der Waals surface area contributed by atoms with Crippen LogP contribution in [0.1, 0.15) is 46.5 Å². The van der Waals surface area contributed by atoms with Crippen LogP contribution in [0.25, 0.3) is 0 Å². The Morgan fingerprint density at radius 3 is 2.13 bits per heavy atom. The van der Waals surface area contributed by atoms with Crippen LogP contribution in [0.3, 0.4) is 0 Å². The summed E-state index contributed by atoms with van der Waals surface area (Å²) in [5.41, 5.74) is -0.510. The Morgan fingerprint density at radius 1 is 1.33 bits per heavy atom. The Labute approximate surface area is 90.7 Å². The average molecular weight is 215 g/mol. The van der Waals surface area contributed by atoms with Gasteiger partial charge in [-0.1, -0.05) is 20.8 Å². The first-order valence-corrected chi connectivity index (χ1v) is 5.46. The van der Waals surface area contributed by atoms with Crippen LogP contribution in [0.4, 0.5) is 4.79 Å². The van der Waals surface area contributed by atoms with Crippen molar-refractivity contribution in [3.63, 3.8) is 0 Å². The molecule has 0 aromatic heterocycles. The fourth-order valence-electron chi connectivity index (χ4n) is 2.36. The third-order valence-corrected chi connectivity index (χ3v) is 3.59. The monoisotopic (exact) mass is 215 g/mol. The predicted molar refractivity (Wildman–Crippen MR) is 57.8 cm³/mol. The maximum absolute atomic E-state index is 10.8. The topological polar surface area (TPSA) is 69.6 Å². The zero-order chi connectivity index (χ0) is 11.7. The van der Waals surface area contributed by atoms with E-state index in [0.717, 1.165) is 0 Å². The summed E-state index contributed by atoms with van der Waals surface area (Å²) in [6.07, 6.45) is 1.54. The summed E-state index contributed by atoms with van der Waals surface area (Å²) >= 11 is 0. The minimum atomic E-state index is -0.971. The molecule has 0 atom stereocenters. The van der Waals surface area contributed by atoms with Crippen LogP contribution in [-0.4, -0.2) is 27.9 Å². The Morgan fingerprint density at radius 2 is 1.80 bits per heavy atom. The molecule has 4 heteroatoms.